The number of amides is 1. The second-order valence-electron chi connectivity index (χ2n) is 2.83. The highest BCUT2D eigenvalue weighted by Gasteiger charge is 2.18. The van der Waals surface area contributed by atoms with Crippen LogP contribution in [0.5, 0.6) is 0 Å². The van der Waals surface area contributed by atoms with Crippen LogP contribution in [0.15, 0.2) is 5.16 Å². The summed E-state index contributed by atoms with van der Waals surface area (Å²) >= 11 is 0. The molecule has 0 aromatic heterocycles. The van der Waals surface area contributed by atoms with E-state index in [1.807, 2.05) is 0 Å². The molecule has 0 aromatic carbocycles. The molecule has 82 valence electrons. The Kier molecular flexibility index (Phi) is 4.55. The Morgan fingerprint density at radius 3 is 2.36 bits per heavy atom. The van der Waals surface area contributed by atoms with E-state index in [1.54, 1.807) is 0 Å². The van der Waals surface area contributed by atoms with Crippen molar-refractivity contribution in [2.45, 2.75) is 19.1 Å². The van der Waals surface area contributed by atoms with Crippen molar-refractivity contribution < 1.29 is 18.0 Å². The molecule has 0 aliphatic carbocycles. The molecule has 0 heterocycles. The fourth-order valence-corrected chi connectivity index (χ4v) is 1.21. The van der Waals surface area contributed by atoms with E-state index in [-0.39, 0.29) is 5.71 Å². The standard InChI is InChI=1S/C7H14N2O4S/c1-5(6(2)14(4,11)12)9-13-7(10)8-3/h6H,1-4H3,(H,8,10)/b9-5+. The van der Waals surface area contributed by atoms with Gasteiger partial charge in [0.15, 0.2) is 9.84 Å². The smallest absolute Gasteiger partial charge is 0.323 e. The highest BCUT2D eigenvalue weighted by Crippen LogP contribution is 2.01. The molecule has 0 radical (unpaired) electrons. The average molecular weight is 222 g/mol. The number of carbonyl (C=O) groups is 1. The van der Waals surface area contributed by atoms with Crippen molar-refractivity contribution in [2.75, 3.05) is 13.3 Å². The lowest BCUT2D eigenvalue weighted by molar-refractivity contribution is 0.153. The summed E-state index contributed by atoms with van der Waals surface area (Å²) in [5, 5.41) is 4.81. The zero-order valence-corrected chi connectivity index (χ0v) is 9.38. The number of nitrogens with one attached hydrogen (secondary N) is 1. The molecule has 0 bridgehead atoms. The quantitative estimate of drug-likeness (QED) is 0.418. The van der Waals surface area contributed by atoms with Gasteiger partial charge in [0.05, 0.1) is 11.0 Å². The van der Waals surface area contributed by atoms with E-state index in [2.05, 4.69) is 15.3 Å². The first-order valence-electron chi connectivity index (χ1n) is 3.91. The summed E-state index contributed by atoms with van der Waals surface area (Å²) in [4.78, 5) is 14.9. The maximum absolute atomic E-state index is 11.0. The van der Waals surface area contributed by atoms with Crippen molar-refractivity contribution in [3.63, 3.8) is 0 Å². The van der Waals surface area contributed by atoms with Crippen LogP contribution in [-0.4, -0.2) is 38.8 Å². The van der Waals surface area contributed by atoms with Crippen LogP contribution >= 0.6 is 0 Å². The first kappa shape index (κ1) is 12.9. The Hall–Kier alpha value is -1.11. The van der Waals surface area contributed by atoms with Gasteiger partial charge in [0, 0.05) is 13.3 Å². The summed E-state index contributed by atoms with van der Waals surface area (Å²) < 4.78 is 22.1. The van der Waals surface area contributed by atoms with Gasteiger partial charge in [0.2, 0.25) is 0 Å². The van der Waals surface area contributed by atoms with Crippen LogP contribution in [0.1, 0.15) is 13.8 Å². The highest BCUT2D eigenvalue weighted by atomic mass is 32.2. The van der Waals surface area contributed by atoms with Crippen molar-refractivity contribution in [1.29, 1.82) is 0 Å². The van der Waals surface area contributed by atoms with Crippen molar-refractivity contribution >= 4 is 21.6 Å². The molecule has 0 fully saturated rings. The fraction of sp³-hybridized carbons (Fsp3) is 0.714. The zero-order chi connectivity index (χ0) is 11.4. The summed E-state index contributed by atoms with van der Waals surface area (Å²) in [5.74, 6) is 0. The van der Waals surface area contributed by atoms with E-state index in [1.165, 1.54) is 20.9 Å². The van der Waals surface area contributed by atoms with Gasteiger partial charge >= 0.3 is 6.09 Å². The lowest BCUT2D eigenvalue weighted by Crippen LogP contribution is -2.25. The van der Waals surface area contributed by atoms with Crippen LogP contribution < -0.4 is 5.32 Å². The summed E-state index contributed by atoms with van der Waals surface area (Å²) in [5.41, 5.74) is 0.233. The summed E-state index contributed by atoms with van der Waals surface area (Å²) in [6.07, 6.45) is 0.362. The highest BCUT2D eigenvalue weighted by molar-refractivity contribution is 7.92. The van der Waals surface area contributed by atoms with E-state index in [4.69, 9.17) is 0 Å². The van der Waals surface area contributed by atoms with E-state index in [0.717, 1.165) is 6.26 Å². The number of rotatable bonds is 3. The SMILES string of the molecule is CNC(=O)O/N=C(\C)C(C)S(C)(=O)=O. The summed E-state index contributed by atoms with van der Waals surface area (Å²) in [7, 11) is -1.82. The first-order valence-corrected chi connectivity index (χ1v) is 5.86. The minimum absolute atomic E-state index is 0.233. The van der Waals surface area contributed by atoms with Crippen LogP contribution in [0.25, 0.3) is 0 Å². The molecule has 1 N–H and O–H groups in total. The molecule has 7 heteroatoms. The fourth-order valence-electron chi connectivity index (χ4n) is 0.543. The maximum Gasteiger partial charge on any atom is 0.433 e. The molecular formula is C7H14N2O4S. The number of hydrogen-bond acceptors (Lipinski definition) is 5. The summed E-state index contributed by atoms with van der Waals surface area (Å²) in [6.45, 7) is 2.95. The van der Waals surface area contributed by atoms with Crippen molar-refractivity contribution in [3.05, 3.63) is 0 Å². The number of carbonyl (C=O) groups excluding carboxylic acids is 1. The maximum atomic E-state index is 11.0. The van der Waals surface area contributed by atoms with Crippen LogP contribution in [-0.2, 0) is 14.7 Å². The number of oxime groups is 1. The van der Waals surface area contributed by atoms with E-state index in [0.29, 0.717) is 0 Å². The van der Waals surface area contributed by atoms with Gasteiger partial charge in [-0.3, -0.25) is 4.84 Å². The Balaban J connectivity index is 4.47. The average Bonchev–Trinajstić information content (AvgIpc) is 2.10. The molecule has 6 nitrogen and oxygen atoms in total. The van der Waals surface area contributed by atoms with Crippen LogP contribution in [0.3, 0.4) is 0 Å². The van der Waals surface area contributed by atoms with Crippen molar-refractivity contribution in [3.8, 4) is 0 Å². The molecule has 14 heavy (non-hydrogen) atoms. The third-order valence-electron chi connectivity index (χ3n) is 1.71. The molecule has 0 aromatic rings. The zero-order valence-electron chi connectivity index (χ0n) is 8.57. The molecule has 1 unspecified atom stereocenters. The Morgan fingerprint density at radius 2 is 2.00 bits per heavy atom. The largest absolute Gasteiger partial charge is 0.433 e. The lowest BCUT2D eigenvalue weighted by Gasteiger charge is -2.07. The second-order valence-corrected chi connectivity index (χ2v) is 5.20. The Labute approximate surface area is 83.2 Å². The van der Waals surface area contributed by atoms with E-state index < -0.39 is 21.2 Å². The number of nitrogens with zero attached hydrogens (tertiary/aromatic N) is 1. The van der Waals surface area contributed by atoms with Crippen molar-refractivity contribution in [1.82, 2.24) is 5.32 Å². The van der Waals surface area contributed by atoms with Gasteiger partial charge in [0.25, 0.3) is 0 Å². The van der Waals surface area contributed by atoms with E-state index in [9.17, 15) is 13.2 Å². The first-order chi connectivity index (χ1) is 6.29. The van der Waals surface area contributed by atoms with Crippen molar-refractivity contribution in [2.24, 2.45) is 5.16 Å². The van der Waals surface area contributed by atoms with Gasteiger partial charge in [-0.05, 0) is 13.8 Å². The van der Waals surface area contributed by atoms with Crippen LogP contribution in [0.2, 0.25) is 0 Å². The van der Waals surface area contributed by atoms with Crippen LogP contribution in [0.4, 0.5) is 4.79 Å². The van der Waals surface area contributed by atoms with Gasteiger partial charge in [-0.2, -0.15) is 0 Å². The molecule has 1 amide bonds. The third kappa shape index (κ3) is 4.22. The van der Waals surface area contributed by atoms with Crippen LogP contribution in [0, 0.1) is 0 Å². The predicted octanol–water partition coefficient (Wildman–Crippen LogP) is 0.151. The minimum Gasteiger partial charge on any atom is -0.323 e. The molecule has 0 spiro atoms. The lowest BCUT2D eigenvalue weighted by atomic mass is 10.3. The topological polar surface area (TPSA) is 84.8 Å². The molecule has 0 saturated carbocycles. The van der Waals surface area contributed by atoms with Gasteiger partial charge < -0.3 is 5.32 Å². The normalized spacial score (nSPS) is 14.7. The molecule has 0 rings (SSSR count). The number of hydrogen-bond donors (Lipinski definition) is 1. The number of sulfone groups is 1. The monoisotopic (exact) mass is 222 g/mol. The summed E-state index contributed by atoms with van der Waals surface area (Å²) in [6, 6.07) is 0. The Bertz CT molecular complexity index is 334. The predicted molar refractivity (Wildman–Crippen MR) is 53.0 cm³/mol. The molecule has 0 saturated heterocycles. The van der Waals surface area contributed by atoms with Gasteiger partial charge in [0.1, 0.15) is 0 Å². The van der Waals surface area contributed by atoms with Gasteiger partial charge in [-0.15, -0.1) is 0 Å². The third-order valence-corrected chi connectivity index (χ3v) is 3.33. The Morgan fingerprint density at radius 1 is 1.50 bits per heavy atom. The molecule has 1 atom stereocenters. The molecule has 0 aliphatic rings. The minimum atomic E-state index is -3.20. The van der Waals surface area contributed by atoms with Gasteiger partial charge in [-0.1, -0.05) is 5.16 Å². The van der Waals surface area contributed by atoms with E-state index >= 15 is 0 Å². The molecule has 0 aliphatic heterocycles. The van der Waals surface area contributed by atoms with Gasteiger partial charge in [-0.25, -0.2) is 13.2 Å². The second kappa shape index (κ2) is 4.94. The molecular weight excluding hydrogens is 208 g/mol.